The highest BCUT2D eigenvalue weighted by Crippen LogP contribution is 2.23. The minimum absolute atomic E-state index is 0.0534. The summed E-state index contributed by atoms with van der Waals surface area (Å²) < 4.78 is 0. The maximum absolute atomic E-state index is 12.4. The van der Waals surface area contributed by atoms with Crippen molar-refractivity contribution in [3.8, 4) is 0 Å². The molecule has 0 unspecified atom stereocenters. The molecule has 1 heterocycles. The number of aromatic nitrogens is 1. The summed E-state index contributed by atoms with van der Waals surface area (Å²) in [6.07, 6.45) is 3.29. The van der Waals surface area contributed by atoms with E-state index in [1.54, 1.807) is 6.20 Å². The molecule has 1 N–H and O–H groups in total. The fourth-order valence-electron chi connectivity index (χ4n) is 1.84. The molecule has 0 amide bonds. The van der Waals surface area contributed by atoms with Crippen LogP contribution < -0.4 is 5.32 Å². The van der Waals surface area contributed by atoms with Crippen molar-refractivity contribution in [2.75, 3.05) is 11.9 Å². The molecule has 0 saturated heterocycles. The van der Waals surface area contributed by atoms with E-state index in [1.807, 2.05) is 24.3 Å². The molecule has 19 heavy (non-hydrogen) atoms. The summed E-state index contributed by atoms with van der Waals surface area (Å²) in [5, 5.41) is 3.92. The van der Waals surface area contributed by atoms with E-state index in [2.05, 4.69) is 24.1 Å². The van der Waals surface area contributed by atoms with Gasteiger partial charge in [-0.05, 0) is 18.4 Å². The van der Waals surface area contributed by atoms with Crippen molar-refractivity contribution in [3.63, 3.8) is 0 Å². The van der Waals surface area contributed by atoms with Crippen molar-refractivity contribution in [1.29, 1.82) is 0 Å². The second-order valence-corrected chi connectivity index (χ2v) is 5.18. The summed E-state index contributed by atoms with van der Waals surface area (Å²) >= 11 is 1.40. The van der Waals surface area contributed by atoms with Gasteiger partial charge in [0, 0.05) is 12.1 Å². The average molecular weight is 273 g/mol. The molecule has 0 atom stereocenters. The molecule has 0 spiro atoms. The summed E-state index contributed by atoms with van der Waals surface area (Å²) in [4.78, 5) is 17.3. The van der Waals surface area contributed by atoms with Gasteiger partial charge in [-0.1, -0.05) is 49.4 Å². The molecule has 2 aromatic rings. The Morgan fingerprint density at radius 2 is 2.21 bits per heavy atom. The Morgan fingerprint density at radius 3 is 2.95 bits per heavy atom. The summed E-state index contributed by atoms with van der Waals surface area (Å²) in [5.41, 5.74) is 1.85. The quantitative estimate of drug-likeness (QED) is 0.818. The van der Waals surface area contributed by atoms with Gasteiger partial charge >= 0.3 is 0 Å². The van der Waals surface area contributed by atoms with Crippen molar-refractivity contribution in [2.24, 2.45) is 0 Å². The number of carbonyl (C=O) groups is 1. The predicted octanol–water partition coefficient (Wildman–Crippen LogP) is 3.57. The average Bonchev–Trinajstić information content (AvgIpc) is 2.93. The molecule has 0 aliphatic rings. The van der Waals surface area contributed by atoms with Crippen molar-refractivity contribution in [2.45, 2.75) is 19.8 Å². The molecule has 1 aromatic heterocycles. The van der Waals surface area contributed by atoms with Gasteiger partial charge in [0.1, 0.15) is 0 Å². The zero-order valence-corrected chi connectivity index (χ0v) is 11.8. The van der Waals surface area contributed by atoms with Gasteiger partial charge < -0.3 is 5.32 Å². The fraction of sp³-hybridized carbons (Fsp3) is 0.267. The molecule has 4 heteroatoms. The van der Waals surface area contributed by atoms with Crippen molar-refractivity contribution in [1.82, 2.24) is 4.98 Å². The van der Waals surface area contributed by atoms with Crippen LogP contribution in [0.25, 0.3) is 0 Å². The fourth-order valence-corrected chi connectivity index (χ4v) is 2.63. The molecule has 3 nitrogen and oxygen atoms in total. The maximum Gasteiger partial charge on any atom is 0.204 e. The summed E-state index contributed by atoms with van der Waals surface area (Å²) in [6, 6.07) is 7.74. The van der Waals surface area contributed by atoms with Crippen molar-refractivity contribution in [3.05, 3.63) is 53.4 Å². The number of benzene rings is 1. The third-order valence-electron chi connectivity index (χ3n) is 2.83. The van der Waals surface area contributed by atoms with Crippen LogP contribution in [0.5, 0.6) is 0 Å². The zero-order chi connectivity index (χ0) is 13.7. The lowest BCUT2D eigenvalue weighted by atomic mass is 10.0. The molecule has 0 bridgehead atoms. The molecule has 2 rings (SSSR count). The van der Waals surface area contributed by atoms with Crippen LogP contribution in [0.1, 0.15) is 34.1 Å². The van der Waals surface area contributed by atoms with Crippen molar-refractivity contribution >= 4 is 22.3 Å². The molecule has 0 saturated carbocycles. The molecule has 1 radical (unpaired) electrons. The smallest absolute Gasteiger partial charge is 0.204 e. The van der Waals surface area contributed by atoms with Gasteiger partial charge in [-0.25, -0.2) is 4.98 Å². The van der Waals surface area contributed by atoms with E-state index in [4.69, 9.17) is 0 Å². The Labute approximate surface area is 117 Å². The van der Waals surface area contributed by atoms with Gasteiger partial charge in [0.15, 0.2) is 5.13 Å². The van der Waals surface area contributed by atoms with Crippen LogP contribution in [0.4, 0.5) is 5.13 Å². The minimum Gasteiger partial charge on any atom is -0.362 e. The van der Waals surface area contributed by atoms with Gasteiger partial charge in [-0.2, -0.15) is 0 Å². The van der Waals surface area contributed by atoms with Crippen LogP contribution in [0.3, 0.4) is 0 Å². The second-order valence-electron chi connectivity index (χ2n) is 4.15. The Kier molecular flexibility index (Phi) is 4.68. The highest BCUT2D eigenvalue weighted by molar-refractivity contribution is 7.17. The molecule has 0 aliphatic heterocycles. The minimum atomic E-state index is 0.0534. The molecule has 1 aromatic carbocycles. The van der Waals surface area contributed by atoms with E-state index in [0.29, 0.717) is 4.88 Å². The van der Waals surface area contributed by atoms with Crippen molar-refractivity contribution < 1.29 is 4.79 Å². The largest absolute Gasteiger partial charge is 0.362 e. The summed E-state index contributed by atoms with van der Waals surface area (Å²) in [7, 11) is 0. The topological polar surface area (TPSA) is 42.0 Å². The van der Waals surface area contributed by atoms with E-state index in [0.717, 1.165) is 35.6 Å². The maximum atomic E-state index is 12.4. The Balaban J connectivity index is 2.21. The molecule has 0 aliphatic carbocycles. The number of anilines is 1. The second kappa shape index (κ2) is 6.48. The van der Waals surface area contributed by atoms with Crippen LogP contribution in [-0.2, 0) is 6.42 Å². The van der Waals surface area contributed by atoms with Crippen LogP contribution in [0, 0.1) is 6.92 Å². The first-order valence-corrected chi connectivity index (χ1v) is 7.19. The molecule has 99 valence electrons. The first-order chi connectivity index (χ1) is 9.26. The Bertz CT molecular complexity index is 563. The number of thiazole rings is 1. The Hall–Kier alpha value is -1.68. The third-order valence-corrected chi connectivity index (χ3v) is 3.78. The normalized spacial score (nSPS) is 10.4. The number of nitrogens with zero attached hydrogens (tertiary/aromatic N) is 1. The Morgan fingerprint density at radius 1 is 1.42 bits per heavy atom. The van der Waals surface area contributed by atoms with Gasteiger partial charge in [-0.3, -0.25) is 4.79 Å². The number of aryl methyl sites for hydroxylation is 1. The standard InChI is InChI=1S/C15H17N2OS/c1-3-9-16-15-17-10-13(19-15)14(18)12-8-6-5-7-11(12)4-2/h5-8,10H,1,3-4,9H2,2H3,(H,16,17). The number of nitrogens with one attached hydrogen (secondary N) is 1. The van der Waals surface area contributed by atoms with Gasteiger partial charge in [-0.15, -0.1) is 0 Å². The number of rotatable bonds is 6. The van der Waals surface area contributed by atoms with E-state index < -0.39 is 0 Å². The monoisotopic (exact) mass is 273 g/mol. The lowest BCUT2D eigenvalue weighted by Crippen LogP contribution is -2.02. The number of ketones is 1. The van der Waals surface area contributed by atoms with E-state index in [9.17, 15) is 4.79 Å². The number of hydrogen-bond donors (Lipinski definition) is 1. The highest BCUT2D eigenvalue weighted by atomic mass is 32.1. The third kappa shape index (κ3) is 3.20. The predicted molar refractivity (Wildman–Crippen MR) is 79.8 cm³/mol. The number of carbonyl (C=O) groups excluding carboxylic acids is 1. The van der Waals surface area contributed by atoms with Crippen LogP contribution in [0.2, 0.25) is 0 Å². The molecule has 0 fully saturated rings. The van der Waals surface area contributed by atoms with E-state index in [1.165, 1.54) is 11.3 Å². The van der Waals surface area contributed by atoms with E-state index >= 15 is 0 Å². The highest BCUT2D eigenvalue weighted by Gasteiger charge is 2.15. The van der Waals surface area contributed by atoms with Gasteiger partial charge in [0.25, 0.3) is 0 Å². The first kappa shape index (κ1) is 13.7. The lowest BCUT2D eigenvalue weighted by Gasteiger charge is -2.04. The first-order valence-electron chi connectivity index (χ1n) is 6.37. The van der Waals surface area contributed by atoms with Crippen LogP contribution in [-0.4, -0.2) is 17.3 Å². The van der Waals surface area contributed by atoms with Crippen LogP contribution in [0.15, 0.2) is 30.5 Å². The summed E-state index contributed by atoms with van der Waals surface area (Å²) in [5.74, 6) is 0.0534. The number of hydrogen-bond acceptors (Lipinski definition) is 4. The molecular weight excluding hydrogens is 256 g/mol. The van der Waals surface area contributed by atoms with Crippen LogP contribution >= 0.6 is 11.3 Å². The molecular formula is C15H17N2OS. The zero-order valence-electron chi connectivity index (χ0n) is 11.0. The SMILES string of the molecule is [CH2]CCNc1ncc(C(=O)c2ccccc2CC)s1. The van der Waals surface area contributed by atoms with Gasteiger partial charge in [0.05, 0.1) is 11.1 Å². The summed E-state index contributed by atoms with van der Waals surface area (Å²) in [6.45, 7) is 6.59. The van der Waals surface area contributed by atoms with Gasteiger partial charge in [0.2, 0.25) is 5.78 Å². The van der Waals surface area contributed by atoms with E-state index in [-0.39, 0.29) is 5.78 Å². The lowest BCUT2D eigenvalue weighted by molar-refractivity contribution is 0.104.